The Labute approximate surface area is 132 Å². The number of hydrogen-bond donors (Lipinski definition) is 1. The molecule has 2 aliphatic heterocycles. The topological polar surface area (TPSA) is 69.7 Å². The highest BCUT2D eigenvalue weighted by atomic mass is 16.2. The fourth-order valence-corrected chi connectivity index (χ4v) is 3.00. The smallest absolute Gasteiger partial charge is 0.321 e. The Morgan fingerprint density at radius 3 is 2.22 bits per heavy atom. The van der Waals surface area contributed by atoms with Crippen molar-refractivity contribution < 1.29 is 14.4 Å². The van der Waals surface area contributed by atoms with Crippen molar-refractivity contribution in [1.82, 2.24) is 4.90 Å². The van der Waals surface area contributed by atoms with Crippen molar-refractivity contribution in [2.45, 2.75) is 6.54 Å². The van der Waals surface area contributed by atoms with Gasteiger partial charge in [0.2, 0.25) is 0 Å². The zero-order valence-electron chi connectivity index (χ0n) is 12.4. The first-order chi connectivity index (χ1) is 11.1. The fraction of sp³-hybridized carbons (Fsp3) is 0.118. The minimum absolute atomic E-state index is 0.211. The van der Waals surface area contributed by atoms with Gasteiger partial charge in [-0.25, -0.2) is 9.69 Å². The van der Waals surface area contributed by atoms with E-state index in [1.165, 1.54) is 9.80 Å². The van der Waals surface area contributed by atoms with Gasteiger partial charge < -0.3 is 10.2 Å². The SMILES string of the molecule is CN1Cc2c(cccc2N2C(=O)c3ccccc3C2=O)NC1=O. The van der Waals surface area contributed by atoms with Gasteiger partial charge in [0.25, 0.3) is 11.8 Å². The van der Waals surface area contributed by atoms with Crippen molar-refractivity contribution >= 4 is 29.2 Å². The van der Waals surface area contributed by atoms with Crippen LogP contribution in [0.4, 0.5) is 16.2 Å². The van der Waals surface area contributed by atoms with Gasteiger partial charge in [-0.05, 0) is 24.3 Å². The number of carbonyl (C=O) groups is 3. The second-order valence-corrected chi connectivity index (χ2v) is 5.58. The first-order valence-corrected chi connectivity index (χ1v) is 7.20. The van der Waals surface area contributed by atoms with Crippen LogP contribution in [0.3, 0.4) is 0 Å². The maximum absolute atomic E-state index is 12.6. The summed E-state index contributed by atoms with van der Waals surface area (Å²) < 4.78 is 0. The summed E-state index contributed by atoms with van der Waals surface area (Å²) in [4.78, 5) is 39.7. The van der Waals surface area contributed by atoms with E-state index in [0.717, 1.165) is 5.56 Å². The summed E-state index contributed by atoms with van der Waals surface area (Å²) >= 11 is 0. The molecule has 1 N–H and O–H groups in total. The summed E-state index contributed by atoms with van der Waals surface area (Å²) in [6.45, 7) is 0.338. The molecule has 0 fully saturated rings. The molecule has 6 nitrogen and oxygen atoms in total. The molecule has 0 saturated carbocycles. The fourth-order valence-electron chi connectivity index (χ4n) is 3.00. The number of nitrogens with zero attached hydrogens (tertiary/aromatic N) is 2. The second kappa shape index (κ2) is 4.67. The van der Waals surface area contributed by atoms with Crippen LogP contribution in [0.25, 0.3) is 0 Å². The van der Waals surface area contributed by atoms with E-state index in [2.05, 4.69) is 5.32 Å². The third-order valence-corrected chi connectivity index (χ3v) is 4.17. The predicted octanol–water partition coefficient (Wildman–Crippen LogP) is 2.46. The lowest BCUT2D eigenvalue weighted by atomic mass is 10.1. The molecule has 0 saturated heterocycles. The Morgan fingerprint density at radius 1 is 0.913 bits per heavy atom. The van der Waals surface area contributed by atoms with E-state index in [1.807, 2.05) is 0 Å². The third-order valence-electron chi connectivity index (χ3n) is 4.17. The van der Waals surface area contributed by atoms with Gasteiger partial charge in [0.15, 0.2) is 0 Å². The van der Waals surface area contributed by atoms with Gasteiger partial charge in [0.1, 0.15) is 0 Å². The maximum Gasteiger partial charge on any atom is 0.321 e. The molecule has 4 amide bonds. The summed E-state index contributed by atoms with van der Waals surface area (Å²) in [5.41, 5.74) is 2.71. The van der Waals surface area contributed by atoms with Gasteiger partial charge >= 0.3 is 6.03 Å². The summed E-state index contributed by atoms with van der Waals surface area (Å²) in [5.74, 6) is -0.669. The molecule has 4 rings (SSSR count). The highest BCUT2D eigenvalue weighted by Gasteiger charge is 2.38. The Balaban J connectivity index is 1.85. The monoisotopic (exact) mass is 307 g/mol. The van der Waals surface area contributed by atoms with Crippen LogP contribution >= 0.6 is 0 Å². The number of imide groups is 1. The molecule has 0 radical (unpaired) electrons. The molecule has 2 aliphatic rings. The van der Waals surface area contributed by atoms with E-state index in [0.29, 0.717) is 29.0 Å². The lowest BCUT2D eigenvalue weighted by molar-refractivity contribution is 0.0926. The normalized spacial score (nSPS) is 16.3. The van der Waals surface area contributed by atoms with Crippen molar-refractivity contribution in [3.8, 4) is 0 Å². The van der Waals surface area contributed by atoms with Crippen molar-refractivity contribution in [2.24, 2.45) is 0 Å². The highest BCUT2D eigenvalue weighted by Crippen LogP contribution is 2.36. The molecular formula is C17H13N3O3. The van der Waals surface area contributed by atoms with Crippen LogP contribution in [0, 0.1) is 0 Å². The van der Waals surface area contributed by atoms with Crippen LogP contribution in [0.5, 0.6) is 0 Å². The van der Waals surface area contributed by atoms with Gasteiger partial charge in [0.05, 0.1) is 23.4 Å². The van der Waals surface area contributed by atoms with Gasteiger partial charge in [-0.3, -0.25) is 9.59 Å². The van der Waals surface area contributed by atoms with Crippen LogP contribution in [-0.4, -0.2) is 29.8 Å². The maximum atomic E-state index is 12.6. The number of benzene rings is 2. The molecule has 114 valence electrons. The Morgan fingerprint density at radius 2 is 1.57 bits per heavy atom. The molecule has 2 aromatic rings. The molecule has 0 bridgehead atoms. The summed E-state index contributed by atoms with van der Waals surface area (Å²) in [6.07, 6.45) is 0. The minimum Gasteiger partial charge on any atom is -0.323 e. The zero-order chi connectivity index (χ0) is 16.1. The standard InChI is InChI=1S/C17H13N3O3/c1-19-9-12-13(18-17(19)23)7-4-8-14(12)20-15(21)10-5-2-3-6-11(10)16(20)22/h2-8H,9H2,1H3,(H,18,23). The Bertz CT molecular complexity index is 840. The second-order valence-electron chi connectivity index (χ2n) is 5.58. The van der Waals surface area contributed by atoms with E-state index in [1.54, 1.807) is 49.5 Å². The van der Waals surface area contributed by atoms with Crippen LogP contribution in [0.15, 0.2) is 42.5 Å². The van der Waals surface area contributed by atoms with E-state index in [4.69, 9.17) is 0 Å². The molecule has 0 aromatic heterocycles. The average molecular weight is 307 g/mol. The van der Waals surface area contributed by atoms with Gasteiger partial charge in [0, 0.05) is 18.3 Å². The van der Waals surface area contributed by atoms with Crippen molar-refractivity contribution in [3.63, 3.8) is 0 Å². The van der Waals surface area contributed by atoms with E-state index in [9.17, 15) is 14.4 Å². The molecule has 2 aromatic carbocycles. The number of anilines is 2. The highest BCUT2D eigenvalue weighted by molar-refractivity contribution is 6.34. The molecular weight excluding hydrogens is 294 g/mol. The summed E-state index contributed by atoms with van der Waals surface area (Å²) in [7, 11) is 1.66. The molecule has 23 heavy (non-hydrogen) atoms. The van der Waals surface area contributed by atoms with Gasteiger partial charge in [-0.2, -0.15) is 0 Å². The number of nitrogens with one attached hydrogen (secondary N) is 1. The van der Waals surface area contributed by atoms with Gasteiger partial charge in [-0.1, -0.05) is 18.2 Å². The van der Waals surface area contributed by atoms with Crippen LogP contribution in [0.2, 0.25) is 0 Å². The number of hydrogen-bond acceptors (Lipinski definition) is 3. The van der Waals surface area contributed by atoms with E-state index >= 15 is 0 Å². The predicted molar refractivity (Wildman–Crippen MR) is 84.5 cm³/mol. The van der Waals surface area contributed by atoms with Crippen molar-refractivity contribution in [3.05, 3.63) is 59.2 Å². The van der Waals surface area contributed by atoms with Gasteiger partial charge in [-0.15, -0.1) is 0 Å². The summed E-state index contributed by atoms with van der Waals surface area (Å²) in [6, 6.07) is 11.8. The van der Waals surface area contributed by atoms with Crippen LogP contribution in [-0.2, 0) is 6.54 Å². The molecule has 0 unspecified atom stereocenters. The molecule has 0 spiro atoms. The van der Waals surface area contributed by atoms with E-state index < -0.39 is 0 Å². The van der Waals surface area contributed by atoms with Crippen molar-refractivity contribution in [1.29, 1.82) is 0 Å². The molecule has 0 aliphatic carbocycles. The minimum atomic E-state index is -0.335. The lowest BCUT2D eigenvalue weighted by Gasteiger charge is -2.29. The zero-order valence-corrected chi connectivity index (χ0v) is 12.4. The van der Waals surface area contributed by atoms with E-state index in [-0.39, 0.29) is 17.8 Å². The van der Waals surface area contributed by atoms with Crippen LogP contribution in [0.1, 0.15) is 26.3 Å². The summed E-state index contributed by atoms with van der Waals surface area (Å²) in [5, 5.41) is 2.76. The molecule has 0 atom stereocenters. The number of urea groups is 1. The third kappa shape index (κ3) is 1.85. The van der Waals surface area contributed by atoms with Crippen molar-refractivity contribution in [2.75, 3.05) is 17.3 Å². The van der Waals surface area contributed by atoms with Crippen LogP contribution < -0.4 is 10.2 Å². The number of carbonyl (C=O) groups excluding carboxylic acids is 3. The Hall–Kier alpha value is -3.15. The largest absolute Gasteiger partial charge is 0.323 e. The number of fused-ring (bicyclic) bond motifs is 2. The number of amides is 4. The molecule has 2 heterocycles. The average Bonchev–Trinajstić information content (AvgIpc) is 2.80. The number of rotatable bonds is 1. The first kappa shape index (κ1) is 13.5. The Kier molecular flexibility index (Phi) is 2.74. The first-order valence-electron chi connectivity index (χ1n) is 7.20. The quantitative estimate of drug-likeness (QED) is 0.823. The lowest BCUT2D eigenvalue weighted by Crippen LogP contribution is -2.38. The molecule has 6 heteroatoms.